The first-order chi connectivity index (χ1) is 9.27. The van der Waals surface area contributed by atoms with Crippen LogP contribution < -0.4 is 10.1 Å². The van der Waals surface area contributed by atoms with Crippen LogP contribution in [0.1, 0.15) is 30.5 Å². The van der Waals surface area contributed by atoms with Crippen LogP contribution in [0.2, 0.25) is 0 Å². The van der Waals surface area contributed by atoms with Gasteiger partial charge in [-0.05, 0) is 45.9 Å². The molecule has 0 aromatic carbocycles. The number of thiophene rings is 1. The molecule has 5 heteroatoms. The summed E-state index contributed by atoms with van der Waals surface area (Å²) in [5, 5.41) is 7.84. The molecule has 1 N–H and O–H groups in total. The molecule has 1 unspecified atom stereocenters. The lowest BCUT2D eigenvalue weighted by molar-refractivity contribution is 0.402. The SMILES string of the molecule is CCCNC(c1cscc1Br)c1ccncc1OC. The van der Waals surface area contributed by atoms with Crippen LogP contribution in [0.25, 0.3) is 0 Å². The molecule has 0 radical (unpaired) electrons. The van der Waals surface area contributed by atoms with Crippen molar-refractivity contribution in [2.45, 2.75) is 19.4 Å². The summed E-state index contributed by atoms with van der Waals surface area (Å²) < 4.78 is 6.56. The summed E-state index contributed by atoms with van der Waals surface area (Å²) in [5.41, 5.74) is 2.35. The summed E-state index contributed by atoms with van der Waals surface area (Å²) in [4.78, 5) is 4.12. The second kappa shape index (κ2) is 7.03. The lowest BCUT2D eigenvalue weighted by Gasteiger charge is -2.20. The summed E-state index contributed by atoms with van der Waals surface area (Å²) in [6.45, 7) is 3.12. The summed E-state index contributed by atoms with van der Waals surface area (Å²) in [6, 6.07) is 2.13. The summed E-state index contributed by atoms with van der Waals surface area (Å²) in [7, 11) is 1.68. The van der Waals surface area contributed by atoms with Gasteiger partial charge in [-0.3, -0.25) is 4.98 Å². The fourth-order valence-corrected chi connectivity index (χ4v) is 3.53. The van der Waals surface area contributed by atoms with E-state index in [1.807, 2.05) is 6.07 Å². The van der Waals surface area contributed by atoms with Crippen molar-refractivity contribution < 1.29 is 4.74 Å². The first-order valence-corrected chi connectivity index (χ1v) is 7.94. The van der Waals surface area contributed by atoms with E-state index < -0.39 is 0 Å². The van der Waals surface area contributed by atoms with Crippen LogP contribution >= 0.6 is 27.3 Å². The zero-order chi connectivity index (χ0) is 13.7. The Kier molecular flexibility index (Phi) is 5.36. The molecule has 0 amide bonds. The molecule has 1 atom stereocenters. The third-order valence-electron chi connectivity index (χ3n) is 2.90. The van der Waals surface area contributed by atoms with Crippen LogP contribution in [-0.2, 0) is 0 Å². The lowest BCUT2D eigenvalue weighted by atomic mass is 10.0. The van der Waals surface area contributed by atoms with Crippen molar-refractivity contribution in [3.63, 3.8) is 0 Å². The van der Waals surface area contributed by atoms with Gasteiger partial charge in [-0.2, -0.15) is 11.3 Å². The molecule has 0 spiro atoms. The number of ether oxygens (including phenoxy) is 1. The lowest BCUT2D eigenvalue weighted by Crippen LogP contribution is -2.23. The Hall–Kier alpha value is -0.910. The Morgan fingerprint density at radius 2 is 2.26 bits per heavy atom. The molecule has 3 nitrogen and oxygen atoms in total. The predicted octanol–water partition coefficient (Wildman–Crippen LogP) is 4.00. The topological polar surface area (TPSA) is 34.2 Å². The molecule has 2 aromatic rings. The third kappa shape index (κ3) is 3.35. The summed E-state index contributed by atoms with van der Waals surface area (Å²) in [5.74, 6) is 0.814. The Balaban J connectivity index is 2.40. The van der Waals surface area contributed by atoms with E-state index in [2.05, 4.69) is 43.9 Å². The average molecular weight is 341 g/mol. The number of nitrogens with zero attached hydrogens (tertiary/aromatic N) is 1. The second-order valence-electron chi connectivity index (χ2n) is 4.18. The van der Waals surface area contributed by atoms with E-state index in [1.165, 1.54) is 5.56 Å². The molecule has 0 aliphatic rings. The van der Waals surface area contributed by atoms with Crippen molar-refractivity contribution in [3.05, 3.63) is 44.8 Å². The van der Waals surface area contributed by atoms with E-state index in [4.69, 9.17) is 4.74 Å². The van der Waals surface area contributed by atoms with E-state index in [-0.39, 0.29) is 6.04 Å². The molecular formula is C14H17BrN2OS. The van der Waals surface area contributed by atoms with Crippen molar-refractivity contribution in [3.8, 4) is 5.75 Å². The average Bonchev–Trinajstić information content (AvgIpc) is 2.86. The first-order valence-electron chi connectivity index (χ1n) is 6.20. The van der Waals surface area contributed by atoms with Gasteiger partial charge in [-0.25, -0.2) is 0 Å². The van der Waals surface area contributed by atoms with Gasteiger partial charge >= 0.3 is 0 Å². The Bertz CT molecular complexity index is 530. The minimum atomic E-state index is 0.124. The van der Waals surface area contributed by atoms with Gasteiger partial charge in [0.05, 0.1) is 19.3 Å². The zero-order valence-electron chi connectivity index (χ0n) is 11.0. The summed E-state index contributed by atoms with van der Waals surface area (Å²) >= 11 is 5.31. The number of hydrogen-bond donors (Lipinski definition) is 1. The van der Waals surface area contributed by atoms with Gasteiger partial charge in [0.1, 0.15) is 5.75 Å². The van der Waals surface area contributed by atoms with Crippen molar-refractivity contribution in [2.75, 3.05) is 13.7 Å². The highest BCUT2D eigenvalue weighted by molar-refractivity contribution is 9.10. The quantitative estimate of drug-likeness (QED) is 0.862. The first kappa shape index (κ1) is 14.5. The number of pyridine rings is 1. The molecule has 0 bridgehead atoms. The van der Waals surface area contributed by atoms with Gasteiger partial charge in [-0.15, -0.1) is 0 Å². The third-order valence-corrected chi connectivity index (χ3v) is 4.65. The molecule has 19 heavy (non-hydrogen) atoms. The molecule has 102 valence electrons. The second-order valence-corrected chi connectivity index (χ2v) is 5.78. The van der Waals surface area contributed by atoms with Crippen LogP contribution in [0.15, 0.2) is 33.7 Å². The van der Waals surface area contributed by atoms with Gasteiger partial charge in [0.15, 0.2) is 0 Å². The standard InChI is InChI=1S/C14H17BrN2OS/c1-3-5-17-14(11-8-19-9-12(11)15)10-4-6-16-7-13(10)18-2/h4,6-9,14,17H,3,5H2,1-2H3. The number of rotatable bonds is 6. The predicted molar refractivity (Wildman–Crippen MR) is 82.9 cm³/mol. The fraction of sp³-hybridized carbons (Fsp3) is 0.357. The van der Waals surface area contributed by atoms with Crippen molar-refractivity contribution in [1.29, 1.82) is 0 Å². The highest BCUT2D eigenvalue weighted by Gasteiger charge is 2.20. The van der Waals surface area contributed by atoms with E-state index >= 15 is 0 Å². The van der Waals surface area contributed by atoms with Crippen LogP contribution in [0.4, 0.5) is 0 Å². The number of halogens is 1. The molecular weight excluding hydrogens is 324 g/mol. The number of nitrogens with one attached hydrogen (secondary N) is 1. The molecule has 2 aromatic heterocycles. The normalized spacial score (nSPS) is 12.4. The zero-order valence-corrected chi connectivity index (χ0v) is 13.4. The van der Waals surface area contributed by atoms with Gasteiger partial charge < -0.3 is 10.1 Å². The van der Waals surface area contributed by atoms with Gasteiger partial charge in [-0.1, -0.05) is 6.92 Å². The van der Waals surface area contributed by atoms with E-state index in [1.54, 1.807) is 30.8 Å². The van der Waals surface area contributed by atoms with Crippen molar-refractivity contribution >= 4 is 27.3 Å². The maximum absolute atomic E-state index is 5.43. The van der Waals surface area contributed by atoms with E-state index in [9.17, 15) is 0 Å². The molecule has 0 fully saturated rings. The highest BCUT2D eigenvalue weighted by Crippen LogP contribution is 2.35. The minimum absolute atomic E-state index is 0.124. The fourth-order valence-electron chi connectivity index (χ4n) is 1.97. The minimum Gasteiger partial charge on any atom is -0.495 e. The largest absolute Gasteiger partial charge is 0.495 e. The van der Waals surface area contributed by atoms with Crippen LogP contribution in [-0.4, -0.2) is 18.6 Å². The molecule has 2 rings (SSSR count). The maximum atomic E-state index is 5.43. The Labute approximate surface area is 126 Å². The van der Waals surface area contributed by atoms with Gasteiger partial charge in [0.25, 0.3) is 0 Å². The monoisotopic (exact) mass is 340 g/mol. The number of methoxy groups -OCH3 is 1. The maximum Gasteiger partial charge on any atom is 0.142 e. The van der Waals surface area contributed by atoms with Gasteiger partial charge in [0.2, 0.25) is 0 Å². The number of hydrogen-bond acceptors (Lipinski definition) is 4. The van der Waals surface area contributed by atoms with Crippen LogP contribution in [0.3, 0.4) is 0 Å². The molecule has 2 heterocycles. The van der Waals surface area contributed by atoms with Crippen molar-refractivity contribution in [2.24, 2.45) is 0 Å². The van der Waals surface area contributed by atoms with Gasteiger partial charge in [0, 0.05) is 21.6 Å². The molecule has 0 aliphatic carbocycles. The summed E-state index contributed by atoms with van der Waals surface area (Å²) in [6.07, 6.45) is 4.65. The van der Waals surface area contributed by atoms with E-state index in [0.717, 1.165) is 28.8 Å². The van der Waals surface area contributed by atoms with E-state index in [0.29, 0.717) is 0 Å². The molecule has 0 saturated carbocycles. The Morgan fingerprint density at radius 1 is 1.42 bits per heavy atom. The molecule has 0 saturated heterocycles. The molecule has 0 aliphatic heterocycles. The van der Waals surface area contributed by atoms with Crippen molar-refractivity contribution in [1.82, 2.24) is 10.3 Å². The van der Waals surface area contributed by atoms with Crippen LogP contribution in [0.5, 0.6) is 5.75 Å². The number of aromatic nitrogens is 1. The van der Waals surface area contributed by atoms with Crippen LogP contribution in [0, 0.1) is 0 Å². The smallest absolute Gasteiger partial charge is 0.142 e. The Morgan fingerprint density at radius 3 is 2.89 bits per heavy atom. The highest BCUT2D eigenvalue weighted by atomic mass is 79.9.